The molecular formula is C16H30O4. The van der Waals surface area contributed by atoms with E-state index < -0.39 is 0 Å². The summed E-state index contributed by atoms with van der Waals surface area (Å²) < 4.78 is 10.1. The maximum absolute atomic E-state index is 11.5. The van der Waals surface area contributed by atoms with Gasteiger partial charge in [0.2, 0.25) is 0 Å². The minimum Gasteiger partial charge on any atom is -0.462 e. The van der Waals surface area contributed by atoms with Crippen molar-refractivity contribution in [2.24, 2.45) is 0 Å². The molecule has 0 heterocycles. The number of ether oxygens (including phenoxy) is 2. The van der Waals surface area contributed by atoms with E-state index in [4.69, 9.17) is 9.47 Å². The van der Waals surface area contributed by atoms with Crippen LogP contribution in [-0.4, -0.2) is 24.6 Å². The summed E-state index contributed by atoms with van der Waals surface area (Å²) in [6, 6.07) is 0. The summed E-state index contributed by atoms with van der Waals surface area (Å²) in [6.07, 6.45) is 8.71. The Kier molecular flexibility index (Phi) is 12.3. The average Bonchev–Trinajstić information content (AvgIpc) is 2.43. The zero-order valence-electron chi connectivity index (χ0n) is 13.3. The molecule has 4 nitrogen and oxygen atoms in total. The lowest BCUT2D eigenvalue weighted by Crippen LogP contribution is -2.22. The molecule has 0 amide bonds. The fourth-order valence-electron chi connectivity index (χ4n) is 1.86. The first-order chi connectivity index (χ1) is 9.60. The Morgan fingerprint density at radius 3 is 2.10 bits per heavy atom. The van der Waals surface area contributed by atoms with Gasteiger partial charge in [-0.15, -0.1) is 0 Å². The lowest BCUT2D eigenvalue weighted by Gasteiger charge is -2.13. The normalized spacial score (nSPS) is 11.9. The van der Waals surface area contributed by atoms with E-state index in [0.29, 0.717) is 12.8 Å². The lowest BCUT2D eigenvalue weighted by molar-refractivity contribution is -0.157. The number of carbonyl (C=O) groups excluding carboxylic acids is 2. The molecule has 0 fully saturated rings. The van der Waals surface area contributed by atoms with Crippen LogP contribution in [0.5, 0.6) is 0 Å². The smallest absolute Gasteiger partial charge is 0.306 e. The van der Waals surface area contributed by atoms with E-state index in [0.717, 1.165) is 12.8 Å². The Bertz CT molecular complexity index is 263. The predicted octanol–water partition coefficient (Wildman–Crippen LogP) is 4.01. The van der Waals surface area contributed by atoms with E-state index in [-0.39, 0.29) is 24.6 Å². The van der Waals surface area contributed by atoms with Crippen molar-refractivity contribution in [3.8, 4) is 0 Å². The summed E-state index contributed by atoms with van der Waals surface area (Å²) in [5.74, 6) is -0.460. The van der Waals surface area contributed by atoms with E-state index in [1.165, 1.54) is 32.1 Å². The highest BCUT2D eigenvalue weighted by Crippen LogP contribution is 2.09. The van der Waals surface area contributed by atoms with Crippen molar-refractivity contribution in [2.45, 2.75) is 84.7 Å². The molecule has 0 unspecified atom stereocenters. The van der Waals surface area contributed by atoms with Gasteiger partial charge in [0.15, 0.2) is 0 Å². The van der Waals surface area contributed by atoms with Crippen molar-refractivity contribution < 1.29 is 19.1 Å². The predicted molar refractivity (Wildman–Crippen MR) is 79.4 cm³/mol. The zero-order valence-corrected chi connectivity index (χ0v) is 13.3. The van der Waals surface area contributed by atoms with Crippen LogP contribution in [0.2, 0.25) is 0 Å². The van der Waals surface area contributed by atoms with Crippen LogP contribution < -0.4 is 0 Å². The maximum atomic E-state index is 11.5. The van der Waals surface area contributed by atoms with Crippen molar-refractivity contribution in [2.75, 3.05) is 6.61 Å². The van der Waals surface area contributed by atoms with Crippen molar-refractivity contribution in [3.05, 3.63) is 0 Å². The highest BCUT2D eigenvalue weighted by molar-refractivity contribution is 5.70. The first-order valence-electron chi connectivity index (χ1n) is 7.95. The molecule has 118 valence electrons. The molecule has 1 atom stereocenters. The molecule has 0 aromatic carbocycles. The van der Waals surface area contributed by atoms with Crippen LogP contribution in [0, 0.1) is 0 Å². The van der Waals surface area contributed by atoms with Crippen molar-refractivity contribution in [3.63, 3.8) is 0 Å². The average molecular weight is 286 g/mol. The van der Waals surface area contributed by atoms with Gasteiger partial charge in [-0.05, 0) is 13.3 Å². The minimum absolute atomic E-state index is 0.148. The number of unbranched alkanes of at least 4 members (excludes halogenated alkanes) is 6. The summed E-state index contributed by atoms with van der Waals surface area (Å²) in [4.78, 5) is 22.5. The molecule has 4 heteroatoms. The highest BCUT2D eigenvalue weighted by atomic mass is 16.6. The molecule has 20 heavy (non-hydrogen) atoms. The number of hydrogen-bond acceptors (Lipinski definition) is 4. The molecule has 0 aromatic rings. The third-order valence-electron chi connectivity index (χ3n) is 3.08. The monoisotopic (exact) mass is 286 g/mol. The number of esters is 2. The van der Waals surface area contributed by atoms with E-state index in [1.54, 1.807) is 13.8 Å². The second kappa shape index (κ2) is 12.9. The molecule has 0 N–H and O–H groups in total. The van der Waals surface area contributed by atoms with Gasteiger partial charge in [-0.25, -0.2) is 0 Å². The van der Waals surface area contributed by atoms with Gasteiger partial charge in [0.05, 0.1) is 0 Å². The number of rotatable bonds is 12. The second-order valence-electron chi connectivity index (χ2n) is 5.21. The molecule has 0 spiro atoms. The Labute approximate surface area is 123 Å². The van der Waals surface area contributed by atoms with Gasteiger partial charge in [-0.3, -0.25) is 9.59 Å². The Morgan fingerprint density at radius 2 is 1.50 bits per heavy atom. The van der Waals surface area contributed by atoms with Crippen molar-refractivity contribution >= 4 is 11.9 Å². The quantitative estimate of drug-likeness (QED) is 0.402. The van der Waals surface area contributed by atoms with Gasteiger partial charge in [0.25, 0.3) is 0 Å². The summed E-state index contributed by atoms with van der Waals surface area (Å²) in [5, 5.41) is 0. The van der Waals surface area contributed by atoms with Gasteiger partial charge in [0.1, 0.15) is 12.7 Å². The summed E-state index contributed by atoms with van der Waals surface area (Å²) in [5.41, 5.74) is 0. The zero-order chi connectivity index (χ0) is 15.2. The SMILES string of the molecule is CCCCCCCCCC(=O)O[C@@H](C)COC(=O)CC. The van der Waals surface area contributed by atoms with Crippen LogP contribution >= 0.6 is 0 Å². The van der Waals surface area contributed by atoms with Crippen LogP contribution in [-0.2, 0) is 19.1 Å². The van der Waals surface area contributed by atoms with E-state index in [2.05, 4.69) is 6.92 Å². The van der Waals surface area contributed by atoms with Crippen LogP contribution in [0.1, 0.15) is 78.6 Å². The van der Waals surface area contributed by atoms with Crippen LogP contribution in [0.25, 0.3) is 0 Å². The summed E-state index contributed by atoms with van der Waals surface area (Å²) in [7, 11) is 0. The molecule has 0 aromatic heterocycles. The van der Waals surface area contributed by atoms with Gasteiger partial charge in [-0.1, -0.05) is 52.4 Å². The van der Waals surface area contributed by atoms with E-state index in [9.17, 15) is 9.59 Å². The fourth-order valence-corrected chi connectivity index (χ4v) is 1.86. The second-order valence-corrected chi connectivity index (χ2v) is 5.21. The van der Waals surface area contributed by atoms with Gasteiger partial charge < -0.3 is 9.47 Å². The van der Waals surface area contributed by atoms with Gasteiger partial charge >= 0.3 is 11.9 Å². The lowest BCUT2D eigenvalue weighted by atomic mass is 10.1. The minimum atomic E-state index is -0.359. The molecule has 0 saturated carbocycles. The molecule has 0 bridgehead atoms. The van der Waals surface area contributed by atoms with Crippen molar-refractivity contribution in [1.82, 2.24) is 0 Å². The first-order valence-corrected chi connectivity index (χ1v) is 7.95. The molecule has 0 aliphatic rings. The molecule has 0 radical (unpaired) electrons. The Balaban J connectivity index is 3.46. The third kappa shape index (κ3) is 12.0. The highest BCUT2D eigenvalue weighted by Gasteiger charge is 2.11. The topological polar surface area (TPSA) is 52.6 Å². The molecule has 0 rings (SSSR count). The van der Waals surface area contributed by atoms with E-state index >= 15 is 0 Å². The number of carbonyl (C=O) groups is 2. The van der Waals surface area contributed by atoms with Gasteiger partial charge in [-0.2, -0.15) is 0 Å². The molecular weight excluding hydrogens is 256 g/mol. The van der Waals surface area contributed by atoms with Crippen LogP contribution in [0.15, 0.2) is 0 Å². The molecule has 0 aliphatic heterocycles. The summed E-state index contributed by atoms with van der Waals surface area (Å²) >= 11 is 0. The van der Waals surface area contributed by atoms with Crippen LogP contribution in [0.4, 0.5) is 0 Å². The van der Waals surface area contributed by atoms with Crippen LogP contribution in [0.3, 0.4) is 0 Å². The Hall–Kier alpha value is -1.06. The van der Waals surface area contributed by atoms with Crippen molar-refractivity contribution in [1.29, 1.82) is 0 Å². The first kappa shape index (κ1) is 18.9. The largest absolute Gasteiger partial charge is 0.462 e. The Morgan fingerprint density at radius 1 is 0.900 bits per heavy atom. The summed E-state index contributed by atoms with van der Waals surface area (Å²) in [6.45, 7) is 5.83. The molecule has 0 saturated heterocycles. The third-order valence-corrected chi connectivity index (χ3v) is 3.08. The molecule has 0 aliphatic carbocycles. The van der Waals surface area contributed by atoms with E-state index in [1.807, 2.05) is 0 Å². The maximum Gasteiger partial charge on any atom is 0.306 e. The standard InChI is InChI=1S/C16H30O4/c1-4-6-7-8-9-10-11-12-16(18)20-14(3)13-19-15(17)5-2/h14H,4-13H2,1-3H3/t14-/m0/s1. The number of hydrogen-bond donors (Lipinski definition) is 0. The van der Waals surface area contributed by atoms with Gasteiger partial charge in [0, 0.05) is 12.8 Å². The fraction of sp³-hybridized carbons (Fsp3) is 0.875.